The highest BCUT2D eigenvalue weighted by atomic mass is 32.1. The van der Waals surface area contributed by atoms with Gasteiger partial charge in [-0.1, -0.05) is 25.2 Å². The molecule has 0 amide bonds. The zero-order valence-electron chi connectivity index (χ0n) is 17.8. The van der Waals surface area contributed by atoms with Crippen molar-refractivity contribution in [2.75, 3.05) is 7.11 Å². The first-order valence-electron chi connectivity index (χ1n) is 11.1. The molecule has 2 saturated carbocycles. The van der Waals surface area contributed by atoms with Crippen molar-refractivity contribution in [3.63, 3.8) is 0 Å². The summed E-state index contributed by atoms with van der Waals surface area (Å²) in [6.45, 7) is 2.21. The molecule has 1 aromatic carbocycles. The van der Waals surface area contributed by atoms with Gasteiger partial charge in [-0.3, -0.25) is 4.79 Å². The Balaban J connectivity index is 1.38. The second-order valence-electron chi connectivity index (χ2n) is 9.61. The molecule has 3 aliphatic carbocycles. The van der Waals surface area contributed by atoms with Crippen LogP contribution in [0.15, 0.2) is 30.9 Å². The Hall–Kier alpha value is -2.54. The van der Waals surface area contributed by atoms with Crippen LogP contribution >= 0.6 is 12.2 Å². The summed E-state index contributed by atoms with van der Waals surface area (Å²) in [5.74, 6) is 2.76. The minimum Gasteiger partial charge on any atom is -0.497 e. The minimum absolute atomic E-state index is 0.191. The van der Waals surface area contributed by atoms with Gasteiger partial charge in [-0.2, -0.15) is 0 Å². The third-order valence-corrected chi connectivity index (χ3v) is 8.68. The van der Waals surface area contributed by atoms with Crippen molar-refractivity contribution in [1.29, 1.82) is 0 Å². The van der Waals surface area contributed by atoms with Crippen LogP contribution in [0.3, 0.4) is 0 Å². The summed E-state index contributed by atoms with van der Waals surface area (Å²) >= 11 is 5.33. The van der Waals surface area contributed by atoms with Crippen molar-refractivity contribution in [1.82, 2.24) is 19.5 Å². The Morgan fingerprint density at radius 2 is 2.16 bits per heavy atom. The summed E-state index contributed by atoms with van der Waals surface area (Å²) < 4.78 is 7.93. The van der Waals surface area contributed by atoms with Crippen LogP contribution in [0.25, 0.3) is 11.2 Å². The number of H-pyrrole nitrogens is 1. The van der Waals surface area contributed by atoms with Gasteiger partial charge in [0.1, 0.15) is 16.9 Å². The normalized spacial score (nSPS) is 31.9. The van der Waals surface area contributed by atoms with E-state index in [1.165, 1.54) is 11.1 Å². The summed E-state index contributed by atoms with van der Waals surface area (Å²) in [5, 5.41) is 0. The fourth-order valence-corrected chi connectivity index (χ4v) is 7.03. The molecule has 160 valence electrons. The number of fused-ring (bicyclic) bond motifs is 6. The fraction of sp³-hybridized carbons (Fsp3) is 0.500. The number of aryl methyl sites for hydroxylation is 1. The van der Waals surface area contributed by atoms with Crippen molar-refractivity contribution in [3.05, 3.63) is 46.6 Å². The molecule has 2 fully saturated rings. The Morgan fingerprint density at radius 1 is 1.29 bits per heavy atom. The van der Waals surface area contributed by atoms with Gasteiger partial charge in [-0.25, -0.2) is 9.97 Å². The van der Waals surface area contributed by atoms with Gasteiger partial charge in [-0.05, 0) is 73.1 Å². The molecule has 3 aliphatic rings. The highest BCUT2D eigenvalue weighted by molar-refractivity contribution is 7.71. The maximum absolute atomic E-state index is 13.8. The predicted octanol–water partition coefficient (Wildman–Crippen LogP) is 4.77. The topological polar surface area (TPSA) is 72.8 Å². The van der Waals surface area contributed by atoms with Gasteiger partial charge in [0.2, 0.25) is 0 Å². The number of methoxy groups -OCH3 is 1. The van der Waals surface area contributed by atoms with E-state index < -0.39 is 0 Å². The second kappa shape index (κ2) is 6.73. The van der Waals surface area contributed by atoms with E-state index in [0.29, 0.717) is 33.7 Å². The largest absolute Gasteiger partial charge is 0.497 e. The molecule has 0 spiro atoms. The number of ether oxygens (including phenoxy) is 1. The number of hydrogen-bond donors (Lipinski definition) is 1. The van der Waals surface area contributed by atoms with Gasteiger partial charge in [0, 0.05) is 5.41 Å². The van der Waals surface area contributed by atoms with Gasteiger partial charge in [-0.15, -0.1) is 0 Å². The number of ketones is 1. The first kappa shape index (κ1) is 19.2. The molecule has 7 heteroatoms. The molecular weight excluding hydrogens is 408 g/mol. The van der Waals surface area contributed by atoms with E-state index in [2.05, 4.69) is 40.1 Å². The number of imidazole rings is 1. The number of Topliss-reactive ketones (excluding diaryl/α,β-unsaturated/α-hetero) is 1. The second-order valence-corrected chi connectivity index (χ2v) is 10.00. The Morgan fingerprint density at radius 3 is 3.00 bits per heavy atom. The fourth-order valence-electron chi connectivity index (χ4n) is 6.82. The number of hydrogen-bond acceptors (Lipinski definition) is 5. The minimum atomic E-state index is -0.268. The molecule has 0 unspecified atom stereocenters. The summed E-state index contributed by atoms with van der Waals surface area (Å²) in [4.78, 5) is 25.5. The molecular formula is C24H26N4O2S. The molecule has 2 heterocycles. The van der Waals surface area contributed by atoms with Crippen molar-refractivity contribution < 1.29 is 9.53 Å². The Kier molecular flexibility index (Phi) is 4.16. The highest BCUT2D eigenvalue weighted by Crippen LogP contribution is 2.61. The summed E-state index contributed by atoms with van der Waals surface area (Å²) in [5.41, 5.74) is 4.10. The van der Waals surface area contributed by atoms with E-state index in [9.17, 15) is 4.79 Å². The lowest BCUT2D eigenvalue weighted by Gasteiger charge is -2.48. The molecule has 6 nitrogen and oxygen atoms in total. The van der Waals surface area contributed by atoms with E-state index in [0.717, 1.165) is 43.5 Å². The van der Waals surface area contributed by atoms with Crippen LogP contribution in [0.2, 0.25) is 0 Å². The lowest BCUT2D eigenvalue weighted by molar-refractivity contribution is -0.131. The van der Waals surface area contributed by atoms with E-state index in [4.69, 9.17) is 17.0 Å². The molecule has 6 rings (SSSR count). The van der Waals surface area contributed by atoms with Gasteiger partial charge in [0.25, 0.3) is 0 Å². The number of aromatic nitrogens is 4. The lowest BCUT2D eigenvalue weighted by atomic mass is 9.55. The van der Waals surface area contributed by atoms with Crippen LogP contribution < -0.4 is 4.74 Å². The number of carbonyl (C=O) groups excluding carboxylic acids is 1. The average molecular weight is 435 g/mol. The van der Waals surface area contributed by atoms with Gasteiger partial charge < -0.3 is 14.3 Å². The molecule has 0 aliphatic heterocycles. The van der Waals surface area contributed by atoms with Gasteiger partial charge in [0.15, 0.2) is 10.4 Å². The number of nitrogens with one attached hydrogen (secondary N) is 1. The predicted molar refractivity (Wildman–Crippen MR) is 120 cm³/mol. The quantitative estimate of drug-likeness (QED) is 0.588. The zero-order valence-corrected chi connectivity index (χ0v) is 18.6. The first-order valence-corrected chi connectivity index (χ1v) is 11.5. The lowest BCUT2D eigenvalue weighted by Crippen LogP contribution is -2.42. The third kappa shape index (κ3) is 2.62. The number of nitrogens with zero attached hydrogens (tertiary/aromatic N) is 3. The van der Waals surface area contributed by atoms with Crippen LogP contribution in [0, 0.1) is 21.9 Å². The van der Waals surface area contributed by atoms with Crippen LogP contribution in [-0.4, -0.2) is 32.4 Å². The first-order chi connectivity index (χ1) is 15.0. The van der Waals surface area contributed by atoms with Crippen LogP contribution in [0.4, 0.5) is 0 Å². The van der Waals surface area contributed by atoms with Crippen LogP contribution in [0.5, 0.6) is 5.75 Å². The monoisotopic (exact) mass is 434 g/mol. The summed E-state index contributed by atoms with van der Waals surface area (Å²) in [6.07, 6.45) is 8.46. The molecule has 3 aromatic rings. The van der Waals surface area contributed by atoms with Crippen molar-refractivity contribution in [2.24, 2.45) is 17.3 Å². The average Bonchev–Trinajstić information content (AvgIpc) is 3.33. The number of rotatable bonds is 2. The SMILES string of the molecule is COc1ccc2c(c1)CC[C@H]1[C@@H]2CC[C@@]2(C)C(=O)[C@@H](n3cnc4c(=S)nc[nH]c43)C[C@@H]12. The number of benzene rings is 1. The third-order valence-electron chi connectivity index (χ3n) is 8.38. The Labute approximate surface area is 186 Å². The molecule has 0 bridgehead atoms. The smallest absolute Gasteiger partial charge is 0.161 e. The summed E-state index contributed by atoms with van der Waals surface area (Å²) in [7, 11) is 1.73. The van der Waals surface area contributed by atoms with Gasteiger partial charge >= 0.3 is 0 Å². The molecule has 0 saturated heterocycles. The molecule has 5 atom stereocenters. The molecule has 1 N–H and O–H groups in total. The van der Waals surface area contributed by atoms with Crippen molar-refractivity contribution in [3.8, 4) is 5.75 Å². The maximum atomic E-state index is 13.8. The zero-order chi connectivity index (χ0) is 21.3. The van der Waals surface area contributed by atoms with Crippen LogP contribution in [-0.2, 0) is 11.2 Å². The Bertz CT molecular complexity index is 1260. The molecule has 0 radical (unpaired) electrons. The van der Waals surface area contributed by atoms with Crippen molar-refractivity contribution in [2.45, 2.75) is 51.0 Å². The van der Waals surface area contributed by atoms with Gasteiger partial charge in [0.05, 0.1) is 25.8 Å². The van der Waals surface area contributed by atoms with Crippen LogP contribution in [0.1, 0.15) is 55.7 Å². The molecule has 31 heavy (non-hydrogen) atoms. The number of aromatic amines is 1. The maximum Gasteiger partial charge on any atom is 0.161 e. The van der Waals surface area contributed by atoms with Crippen molar-refractivity contribution >= 4 is 29.2 Å². The van der Waals surface area contributed by atoms with E-state index in [1.54, 1.807) is 19.8 Å². The highest BCUT2D eigenvalue weighted by Gasteiger charge is 2.58. The number of carbonyl (C=O) groups is 1. The standard InChI is InChI=1S/C24H26N4O2S/c1-24-8-7-16-15-6-4-14(30-2)9-13(15)3-5-17(16)18(24)10-19(21(24)29)28-12-27-20-22(28)25-11-26-23(20)31/h4,6,9,11-12,16-19H,3,5,7-8,10H2,1-2H3,(H,25,26,31)/t16-,17+,18+,19+,24-/m1/s1. The molecule has 2 aromatic heterocycles. The van der Waals surface area contributed by atoms with E-state index in [1.807, 2.05) is 4.57 Å². The summed E-state index contributed by atoms with van der Waals surface area (Å²) in [6, 6.07) is 6.36. The van der Waals surface area contributed by atoms with E-state index in [-0.39, 0.29) is 11.5 Å². The van der Waals surface area contributed by atoms with E-state index >= 15 is 0 Å².